The first kappa shape index (κ1) is 16.9. The van der Waals surface area contributed by atoms with E-state index in [-0.39, 0.29) is 5.91 Å². The Hall–Kier alpha value is -2.96. The van der Waals surface area contributed by atoms with Crippen molar-refractivity contribution in [1.82, 2.24) is 20.4 Å². The minimum absolute atomic E-state index is 0.213. The second kappa shape index (κ2) is 7.29. The second-order valence-electron chi connectivity index (χ2n) is 6.06. The zero-order valence-electron chi connectivity index (χ0n) is 14.5. The maximum Gasteiger partial charge on any atom is 0.256 e. The number of aromatic amines is 1. The average Bonchev–Trinajstić information content (AvgIpc) is 3.24. The Morgan fingerprint density at radius 1 is 1.28 bits per heavy atom. The van der Waals surface area contributed by atoms with Gasteiger partial charge in [-0.25, -0.2) is 0 Å². The highest BCUT2D eigenvalue weighted by atomic mass is 16.4. The lowest BCUT2D eigenvalue weighted by atomic mass is 10.0. The normalized spacial score (nSPS) is 12.1. The van der Waals surface area contributed by atoms with E-state index in [2.05, 4.69) is 39.6 Å². The van der Waals surface area contributed by atoms with Crippen LogP contribution in [0.25, 0.3) is 11.5 Å². The Labute approximate surface area is 145 Å². The highest BCUT2D eigenvalue weighted by Gasteiger charge is 2.13. The van der Waals surface area contributed by atoms with Gasteiger partial charge in [0.05, 0.1) is 0 Å². The van der Waals surface area contributed by atoms with Crippen molar-refractivity contribution in [2.75, 3.05) is 5.32 Å². The van der Waals surface area contributed by atoms with Gasteiger partial charge >= 0.3 is 0 Å². The average molecular weight is 339 g/mol. The number of nitrogens with one attached hydrogen (secondary N) is 2. The molecule has 2 aromatic heterocycles. The molecule has 7 heteroatoms. The van der Waals surface area contributed by atoms with Crippen molar-refractivity contribution in [2.45, 2.75) is 39.5 Å². The molecule has 130 valence electrons. The predicted octanol–water partition coefficient (Wildman–Crippen LogP) is 3.92. The van der Waals surface area contributed by atoms with Crippen LogP contribution in [0.3, 0.4) is 0 Å². The molecule has 0 saturated carbocycles. The molecule has 0 unspecified atom stereocenters. The van der Waals surface area contributed by atoms with E-state index in [1.807, 2.05) is 6.07 Å². The number of rotatable bonds is 6. The number of benzene rings is 1. The number of hydrogen-bond acceptors (Lipinski definition) is 5. The van der Waals surface area contributed by atoms with E-state index in [0.717, 1.165) is 24.1 Å². The lowest BCUT2D eigenvalue weighted by molar-refractivity contribution is 0.102. The third kappa shape index (κ3) is 3.93. The largest absolute Gasteiger partial charge is 0.421 e. The van der Waals surface area contributed by atoms with Crippen LogP contribution in [-0.2, 0) is 0 Å². The first-order chi connectivity index (χ1) is 12.1. The Bertz CT molecular complexity index is 850. The number of H-pyrrole nitrogens is 1. The standard InChI is InChI=1S/C18H21N5O2/c1-4-5-11(2)15-10-16(22-21-15)19-17(24)13-6-8-14(9-7-13)18-23-20-12(3)25-18/h6-11H,4-5H2,1-3H3,(H2,19,21,22,24)/t11-/m0/s1. The third-order valence-corrected chi connectivity index (χ3v) is 4.01. The number of carbonyl (C=O) groups is 1. The van der Waals surface area contributed by atoms with Crippen LogP contribution >= 0.6 is 0 Å². The van der Waals surface area contributed by atoms with Crippen molar-refractivity contribution in [1.29, 1.82) is 0 Å². The van der Waals surface area contributed by atoms with Gasteiger partial charge in [-0.1, -0.05) is 20.3 Å². The summed E-state index contributed by atoms with van der Waals surface area (Å²) in [6, 6.07) is 8.88. The molecule has 0 aliphatic carbocycles. The molecule has 3 aromatic rings. The van der Waals surface area contributed by atoms with E-state index in [0.29, 0.717) is 29.1 Å². The Morgan fingerprint density at radius 2 is 2.04 bits per heavy atom. The number of aryl methyl sites for hydroxylation is 1. The lowest BCUT2D eigenvalue weighted by Gasteiger charge is -2.05. The van der Waals surface area contributed by atoms with Gasteiger partial charge in [0.15, 0.2) is 5.82 Å². The van der Waals surface area contributed by atoms with E-state index in [1.54, 1.807) is 31.2 Å². The highest BCUT2D eigenvalue weighted by molar-refractivity contribution is 6.03. The second-order valence-corrected chi connectivity index (χ2v) is 6.06. The fraction of sp³-hybridized carbons (Fsp3) is 0.333. The molecule has 0 spiro atoms. The molecule has 0 bridgehead atoms. The minimum Gasteiger partial charge on any atom is -0.421 e. The molecular formula is C18H21N5O2. The van der Waals surface area contributed by atoms with Crippen LogP contribution in [0, 0.1) is 6.92 Å². The van der Waals surface area contributed by atoms with Gasteiger partial charge < -0.3 is 9.73 Å². The maximum atomic E-state index is 12.4. The molecule has 1 atom stereocenters. The van der Waals surface area contributed by atoms with Crippen LogP contribution in [0.1, 0.15) is 54.5 Å². The number of nitrogens with zero attached hydrogens (tertiary/aromatic N) is 3. The molecule has 25 heavy (non-hydrogen) atoms. The molecule has 0 aliphatic heterocycles. The van der Waals surface area contributed by atoms with Crippen LogP contribution < -0.4 is 5.32 Å². The monoisotopic (exact) mass is 339 g/mol. The molecule has 0 fully saturated rings. The number of amides is 1. The van der Waals surface area contributed by atoms with Crippen LogP contribution in [-0.4, -0.2) is 26.3 Å². The lowest BCUT2D eigenvalue weighted by Crippen LogP contribution is -2.12. The molecule has 7 nitrogen and oxygen atoms in total. The van der Waals surface area contributed by atoms with E-state index in [9.17, 15) is 4.79 Å². The Kier molecular flexibility index (Phi) is 4.92. The quantitative estimate of drug-likeness (QED) is 0.709. The molecule has 3 rings (SSSR count). The van der Waals surface area contributed by atoms with E-state index in [1.165, 1.54) is 0 Å². The molecule has 1 aromatic carbocycles. The first-order valence-corrected chi connectivity index (χ1v) is 8.34. The van der Waals surface area contributed by atoms with Gasteiger partial charge in [-0.05, 0) is 36.6 Å². The van der Waals surface area contributed by atoms with Crippen molar-refractivity contribution in [3.8, 4) is 11.5 Å². The van der Waals surface area contributed by atoms with Crippen LogP contribution in [0.5, 0.6) is 0 Å². The molecular weight excluding hydrogens is 318 g/mol. The topological polar surface area (TPSA) is 96.7 Å². The summed E-state index contributed by atoms with van der Waals surface area (Å²) in [6.07, 6.45) is 2.18. The highest BCUT2D eigenvalue weighted by Crippen LogP contribution is 2.21. The van der Waals surface area contributed by atoms with Crippen molar-refractivity contribution < 1.29 is 9.21 Å². The third-order valence-electron chi connectivity index (χ3n) is 4.01. The zero-order valence-corrected chi connectivity index (χ0v) is 14.5. The fourth-order valence-electron chi connectivity index (χ4n) is 2.61. The summed E-state index contributed by atoms with van der Waals surface area (Å²) in [5.41, 5.74) is 2.33. The zero-order chi connectivity index (χ0) is 17.8. The number of hydrogen-bond donors (Lipinski definition) is 2. The van der Waals surface area contributed by atoms with Gasteiger partial charge in [-0.15, -0.1) is 10.2 Å². The first-order valence-electron chi connectivity index (χ1n) is 8.34. The van der Waals surface area contributed by atoms with Crippen molar-refractivity contribution in [3.05, 3.63) is 47.5 Å². The van der Waals surface area contributed by atoms with Gasteiger partial charge in [-0.2, -0.15) is 5.10 Å². The van der Waals surface area contributed by atoms with E-state index < -0.39 is 0 Å². The van der Waals surface area contributed by atoms with Crippen LogP contribution in [0.2, 0.25) is 0 Å². The van der Waals surface area contributed by atoms with Crippen LogP contribution in [0.4, 0.5) is 5.82 Å². The molecule has 0 radical (unpaired) electrons. The van der Waals surface area contributed by atoms with Crippen molar-refractivity contribution in [3.63, 3.8) is 0 Å². The van der Waals surface area contributed by atoms with Gasteiger partial charge in [-0.3, -0.25) is 9.89 Å². The van der Waals surface area contributed by atoms with Crippen molar-refractivity contribution >= 4 is 11.7 Å². The summed E-state index contributed by atoms with van der Waals surface area (Å²) in [5, 5.41) is 17.7. The maximum absolute atomic E-state index is 12.4. The summed E-state index contributed by atoms with van der Waals surface area (Å²) >= 11 is 0. The van der Waals surface area contributed by atoms with E-state index >= 15 is 0 Å². The molecule has 0 aliphatic rings. The number of carbonyl (C=O) groups excluding carboxylic acids is 1. The molecule has 0 saturated heterocycles. The predicted molar refractivity (Wildman–Crippen MR) is 94.3 cm³/mol. The number of anilines is 1. The van der Waals surface area contributed by atoms with Gasteiger partial charge in [0.25, 0.3) is 5.91 Å². The van der Waals surface area contributed by atoms with Crippen LogP contribution in [0.15, 0.2) is 34.7 Å². The Balaban J connectivity index is 1.67. The summed E-state index contributed by atoms with van der Waals surface area (Å²) in [4.78, 5) is 12.4. The Morgan fingerprint density at radius 3 is 2.68 bits per heavy atom. The summed E-state index contributed by atoms with van der Waals surface area (Å²) in [5.74, 6) is 1.64. The van der Waals surface area contributed by atoms with Gasteiger partial charge in [0.2, 0.25) is 11.8 Å². The molecule has 1 amide bonds. The van der Waals surface area contributed by atoms with E-state index in [4.69, 9.17) is 4.42 Å². The SMILES string of the molecule is CCC[C@H](C)c1cc(NC(=O)c2ccc(-c3nnc(C)o3)cc2)n[nH]1. The summed E-state index contributed by atoms with van der Waals surface area (Å²) in [7, 11) is 0. The molecule has 2 heterocycles. The summed E-state index contributed by atoms with van der Waals surface area (Å²) in [6.45, 7) is 6.02. The number of aromatic nitrogens is 4. The van der Waals surface area contributed by atoms with Crippen molar-refractivity contribution in [2.24, 2.45) is 0 Å². The summed E-state index contributed by atoms with van der Waals surface area (Å²) < 4.78 is 5.37. The minimum atomic E-state index is -0.213. The molecule has 2 N–H and O–H groups in total. The van der Waals surface area contributed by atoms with Gasteiger partial charge in [0.1, 0.15) is 0 Å². The fourth-order valence-corrected chi connectivity index (χ4v) is 2.61. The van der Waals surface area contributed by atoms with Gasteiger partial charge in [0, 0.05) is 29.8 Å². The smallest absolute Gasteiger partial charge is 0.256 e.